The maximum atomic E-state index is 3.32. The molecule has 250 valence electrons. The first kappa shape index (κ1) is 29.7. The molecule has 1 aromatic heterocycles. The second-order valence-corrected chi connectivity index (χ2v) is 18.3. The van der Waals surface area contributed by atoms with Crippen LogP contribution >= 0.6 is 11.8 Å². The van der Waals surface area contributed by atoms with E-state index in [0.29, 0.717) is 5.92 Å². The third kappa shape index (κ3) is 4.63. The molecular formula is C46H50N2S. The van der Waals surface area contributed by atoms with Crippen LogP contribution in [0.25, 0.3) is 38.6 Å². The Balaban J connectivity index is 0.933. The van der Waals surface area contributed by atoms with Crippen LogP contribution in [0.15, 0.2) is 97.1 Å². The molecule has 5 aromatic rings. The molecule has 6 fully saturated rings. The fraction of sp³-hybridized carbons (Fsp3) is 0.478. The Morgan fingerprint density at radius 3 is 2.29 bits per heavy atom. The number of nitrogens with zero attached hydrogens (tertiary/aromatic N) is 2. The highest BCUT2D eigenvalue weighted by Gasteiger charge is 2.60. The van der Waals surface area contributed by atoms with E-state index in [-0.39, 0.29) is 0 Å². The Bertz CT molecular complexity index is 2010. The van der Waals surface area contributed by atoms with Crippen LogP contribution in [0.4, 0.5) is 0 Å². The predicted octanol–water partition coefficient (Wildman–Crippen LogP) is 11.6. The summed E-state index contributed by atoms with van der Waals surface area (Å²) in [5.41, 5.74) is 8.09. The summed E-state index contributed by atoms with van der Waals surface area (Å²) in [6.45, 7) is 0. The second kappa shape index (κ2) is 11.8. The van der Waals surface area contributed by atoms with Crippen molar-refractivity contribution in [1.29, 1.82) is 0 Å². The lowest BCUT2D eigenvalue weighted by molar-refractivity contribution is -0.139. The molecule has 6 aliphatic rings. The van der Waals surface area contributed by atoms with Gasteiger partial charge in [-0.05, 0) is 122 Å². The number of fused-ring (bicyclic) bond motifs is 7. The number of hydrogen-bond acceptors (Lipinski definition) is 2. The van der Waals surface area contributed by atoms with Gasteiger partial charge in [-0.25, -0.2) is 0 Å². The van der Waals surface area contributed by atoms with Crippen LogP contribution in [-0.2, 0) is 0 Å². The van der Waals surface area contributed by atoms with Crippen LogP contribution in [0.5, 0.6) is 0 Å². The highest BCUT2D eigenvalue weighted by Crippen LogP contribution is 2.61. The van der Waals surface area contributed by atoms with Crippen LogP contribution in [0.1, 0.15) is 88.5 Å². The average Bonchev–Trinajstić information content (AvgIpc) is 3.50. The van der Waals surface area contributed by atoms with Crippen LogP contribution in [-0.4, -0.2) is 38.1 Å². The van der Waals surface area contributed by atoms with Gasteiger partial charge in [-0.3, -0.25) is 4.90 Å². The molecule has 0 N–H and O–H groups in total. The van der Waals surface area contributed by atoms with Gasteiger partial charge in [0, 0.05) is 45.1 Å². The molecule has 0 amide bonds. The molecule has 0 spiro atoms. The molecule has 0 bridgehead atoms. The quantitative estimate of drug-likeness (QED) is 0.190. The van der Waals surface area contributed by atoms with E-state index in [1.54, 1.807) is 12.0 Å². The Labute approximate surface area is 296 Å². The molecule has 4 saturated carbocycles. The van der Waals surface area contributed by atoms with Gasteiger partial charge in [0.25, 0.3) is 0 Å². The van der Waals surface area contributed by atoms with E-state index >= 15 is 0 Å². The fourth-order valence-corrected chi connectivity index (χ4v) is 14.9. The topological polar surface area (TPSA) is 8.17 Å². The molecule has 11 rings (SSSR count). The summed E-state index contributed by atoms with van der Waals surface area (Å²) in [5, 5.41) is 4.43. The van der Waals surface area contributed by atoms with E-state index in [1.807, 2.05) is 0 Å². The van der Waals surface area contributed by atoms with E-state index in [4.69, 9.17) is 0 Å². The SMILES string of the molecule is c1ccc(-n2c3ccccc3c3cc(-c4cccc(C5CCC6SC7CCCC8C9CCCC%10CCCC(C%109)N(C6C5)C78)c4)ccc32)cc1. The third-order valence-electron chi connectivity index (χ3n) is 14.7. The monoisotopic (exact) mass is 662 g/mol. The van der Waals surface area contributed by atoms with Crippen molar-refractivity contribution >= 4 is 33.6 Å². The number of piperidine rings is 1. The highest BCUT2D eigenvalue weighted by atomic mass is 32.2. The van der Waals surface area contributed by atoms with E-state index in [0.717, 1.165) is 52.3 Å². The van der Waals surface area contributed by atoms with Crippen molar-refractivity contribution in [2.75, 3.05) is 0 Å². The lowest BCUT2D eigenvalue weighted by Crippen LogP contribution is -2.72. The zero-order valence-corrected chi connectivity index (χ0v) is 29.6. The smallest absolute Gasteiger partial charge is 0.0541 e. The van der Waals surface area contributed by atoms with E-state index < -0.39 is 0 Å². The van der Waals surface area contributed by atoms with Gasteiger partial charge in [0.15, 0.2) is 0 Å². The predicted molar refractivity (Wildman–Crippen MR) is 207 cm³/mol. The van der Waals surface area contributed by atoms with Crippen molar-refractivity contribution in [3.05, 3.63) is 103 Å². The Morgan fingerprint density at radius 2 is 1.35 bits per heavy atom. The number of rotatable bonds is 3. The normalized spacial score (nSPS) is 35.4. The summed E-state index contributed by atoms with van der Waals surface area (Å²) >= 11 is 2.48. The van der Waals surface area contributed by atoms with Gasteiger partial charge >= 0.3 is 0 Å². The summed E-state index contributed by atoms with van der Waals surface area (Å²) < 4.78 is 2.43. The third-order valence-corrected chi connectivity index (χ3v) is 16.4. The fourth-order valence-electron chi connectivity index (χ4n) is 12.9. The minimum absolute atomic E-state index is 0.674. The maximum Gasteiger partial charge on any atom is 0.0541 e. The number of benzene rings is 4. The van der Waals surface area contributed by atoms with Gasteiger partial charge in [-0.2, -0.15) is 11.8 Å². The molecular weight excluding hydrogens is 613 g/mol. The van der Waals surface area contributed by atoms with Crippen molar-refractivity contribution < 1.29 is 0 Å². The van der Waals surface area contributed by atoms with E-state index in [2.05, 4.69) is 118 Å². The lowest BCUT2D eigenvalue weighted by atomic mass is 9.53. The summed E-state index contributed by atoms with van der Waals surface area (Å²) in [6, 6.07) is 39.2. The number of aromatic nitrogens is 1. The molecule has 3 heteroatoms. The van der Waals surface area contributed by atoms with Crippen LogP contribution in [0.3, 0.4) is 0 Å². The molecule has 0 radical (unpaired) electrons. The second-order valence-electron chi connectivity index (χ2n) is 16.8. The molecule has 2 aliphatic heterocycles. The summed E-state index contributed by atoms with van der Waals surface area (Å²) in [6.07, 6.45) is 17.8. The van der Waals surface area contributed by atoms with Crippen molar-refractivity contribution in [1.82, 2.24) is 9.47 Å². The first-order chi connectivity index (χ1) is 24.3. The largest absolute Gasteiger partial charge is 0.309 e. The molecule has 2 saturated heterocycles. The maximum absolute atomic E-state index is 3.32. The summed E-state index contributed by atoms with van der Waals surface area (Å²) in [7, 11) is 0. The van der Waals surface area contributed by atoms with Gasteiger partial charge in [0.05, 0.1) is 11.0 Å². The van der Waals surface area contributed by atoms with Gasteiger partial charge in [0.2, 0.25) is 0 Å². The number of hydrogen-bond donors (Lipinski definition) is 0. The highest BCUT2D eigenvalue weighted by molar-refractivity contribution is 8.00. The Kier molecular flexibility index (Phi) is 7.14. The van der Waals surface area contributed by atoms with Gasteiger partial charge < -0.3 is 4.57 Å². The molecule has 4 aliphatic carbocycles. The molecule has 49 heavy (non-hydrogen) atoms. The van der Waals surface area contributed by atoms with Crippen molar-refractivity contribution in [3.8, 4) is 16.8 Å². The average molecular weight is 663 g/mol. The van der Waals surface area contributed by atoms with E-state index in [9.17, 15) is 0 Å². The Morgan fingerprint density at radius 1 is 0.551 bits per heavy atom. The van der Waals surface area contributed by atoms with Gasteiger partial charge in [0.1, 0.15) is 0 Å². The Hall–Kier alpha value is -3.01. The zero-order valence-electron chi connectivity index (χ0n) is 28.8. The van der Waals surface area contributed by atoms with Crippen molar-refractivity contribution in [2.24, 2.45) is 23.7 Å². The minimum Gasteiger partial charge on any atom is -0.309 e. The van der Waals surface area contributed by atoms with Gasteiger partial charge in [-0.1, -0.05) is 98.8 Å². The van der Waals surface area contributed by atoms with Crippen molar-refractivity contribution in [3.63, 3.8) is 0 Å². The first-order valence-corrected chi connectivity index (χ1v) is 20.9. The van der Waals surface area contributed by atoms with Crippen LogP contribution in [0.2, 0.25) is 0 Å². The van der Waals surface area contributed by atoms with Gasteiger partial charge in [-0.15, -0.1) is 0 Å². The zero-order chi connectivity index (χ0) is 32.1. The van der Waals surface area contributed by atoms with Crippen LogP contribution < -0.4 is 0 Å². The molecule has 3 heterocycles. The standard InChI is InChI=1S/C46H50N2S/c1-2-14-34(15-3-1)47-39-19-5-4-16-35(39)38-27-32(22-24-40(38)47)30-12-6-13-31(26-30)33-23-25-43-42(28-33)48-41-20-8-11-29-10-7-17-36(45(29)41)37-18-9-21-44(49-43)46(37)48/h1-6,12-16,19,22,24,26-27,29,33,36-37,41-46H,7-11,17-18,20-21,23,25,28H2. The molecule has 4 aromatic carbocycles. The molecule has 10 unspecified atom stereocenters. The van der Waals surface area contributed by atoms with E-state index in [1.165, 1.54) is 109 Å². The molecule has 10 atom stereocenters. The first-order valence-electron chi connectivity index (χ1n) is 19.9. The van der Waals surface area contributed by atoms with Crippen LogP contribution in [0, 0.1) is 23.7 Å². The summed E-state index contributed by atoms with van der Waals surface area (Å²) in [5.74, 6) is 4.74. The molecule has 2 nitrogen and oxygen atoms in total. The minimum atomic E-state index is 0.674. The van der Waals surface area contributed by atoms with Crippen molar-refractivity contribution in [2.45, 2.75) is 112 Å². The number of thioether (sulfide) groups is 1. The summed E-state index contributed by atoms with van der Waals surface area (Å²) in [4.78, 5) is 3.32. The number of para-hydroxylation sites is 2. The lowest BCUT2D eigenvalue weighted by Gasteiger charge is -2.67.